The van der Waals surface area contributed by atoms with Gasteiger partial charge in [0.15, 0.2) is 11.6 Å². The molecule has 106 valence electrons. The Morgan fingerprint density at radius 1 is 1.42 bits per heavy atom. The van der Waals surface area contributed by atoms with Crippen molar-refractivity contribution in [2.75, 3.05) is 30.4 Å². The Hall–Kier alpha value is -1.39. The fraction of sp³-hybridized carbons (Fsp3) is 0.714. The molecule has 1 saturated heterocycles. The number of hydrogen-bond donors (Lipinski definition) is 1. The molecule has 1 aliphatic heterocycles. The van der Waals surface area contributed by atoms with Crippen LogP contribution in [0, 0.1) is 11.7 Å². The van der Waals surface area contributed by atoms with E-state index in [1.807, 2.05) is 0 Å². The van der Waals surface area contributed by atoms with E-state index in [4.69, 9.17) is 0 Å². The summed E-state index contributed by atoms with van der Waals surface area (Å²) in [4.78, 5) is 10.2. The number of aromatic nitrogens is 2. The normalized spacial score (nSPS) is 20.2. The summed E-state index contributed by atoms with van der Waals surface area (Å²) in [5.41, 5.74) is 0. The Labute approximate surface area is 114 Å². The standard InChI is InChI=1S/C14H23FN4/c1-3-5-11-6-4-8-19(9-7-11)13-12(15)10-17-14(16-2)18-13/h10-11H,3-9H2,1-2H3,(H,16,17,18). The predicted molar refractivity (Wildman–Crippen MR) is 76.0 cm³/mol. The molecule has 0 saturated carbocycles. The predicted octanol–water partition coefficient (Wildman–Crippen LogP) is 3.06. The number of nitrogens with one attached hydrogen (secondary N) is 1. The zero-order valence-electron chi connectivity index (χ0n) is 11.8. The monoisotopic (exact) mass is 266 g/mol. The van der Waals surface area contributed by atoms with Gasteiger partial charge in [0.05, 0.1) is 6.20 Å². The third-order valence-corrected chi connectivity index (χ3v) is 3.79. The van der Waals surface area contributed by atoms with Crippen molar-refractivity contribution in [3.8, 4) is 0 Å². The summed E-state index contributed by atoms with van der Waals surface area (Å²) in [7, 11) is 1.75. The SMILES string of the molecule is CCCC1CCCN(c2nc(NC)ncc2F)CC1. The summed E-state index contributed by atoms with van der Waals surface area (Å²) in [6.07, 6.45) is 7.26. The Bertz CT molecular complexity index is 410. The van der Waals surface area contributed by atoms with Gasteiger partial charge < -0.3 is 10.2 Å². The van der Waals surface area contributed by atoms with E-state index < -0.39 is 0 Å². The van der Waals surface area contributed by atoms with Crippen molar-refractivity contribution in [1.82, 2.24) is 9.97 Å². The van der Waals surface area contributed by atoms with Gasteiger partial charge in [-0.05, 0) is 25.2 Å². The van der Waals surface area contributed by atoms with Crippen LogP contribution in [0.3, 0.4) is 0 Å². The highest BCUT2D eigenvalue weighted by atomic mass is 19.1. The van der Waals surface area contributed by atoms with E-state index >= 15 is 0 Å². The lowest BCUT2D eigenvalue weighted by Gasteiger charge is -2.22. The van der Waals surface area contributed by atoms with Crippen LogP contribution in [0.15, 0.2) is 6.20 Å². The summed E-state index contributed by atoms with van der Waals surface area (Å²) in [5.74, 6) is 1.37. The van der Waals surface area contributed by atoms with Gasteiger partial charge in [-0.1, -0.05) is 19.8 Å². The molecule has 1 aliphatic rings. The first kappa shape index (κ1) is 14.0. The van der Waals surface area contributed by atoms with Gasteiger partial charge in [0, 0.05) is 20.1 Å². The third kappa shape index (κ3) is 3.55. The maximum Gasteiger partial charge on any atom is 0.224 e. The molecule has 0 bridgehead atoms. The molecule has 1 fully saturated rings. The zero-order valence-corrected chi connectivity index (χ0v) is 11.8. The molecule has 0 aliphatic carbocycles. The smallest absolute Gasteiger partial charge is 0.224 e. The van der Waals surface area contributed by atoms with Crippen molar-refractivity contribution in [1.29, 1.82) is 0 Å². The Kier molecular flexibility index (Phi) is 4.93. The first-order valence-electron chi connectivity index (χ1n) is 7.19. The van der Waals surface area contributed by atoms with Crippen LogP contribution in [0.1, 0.15) is 39.0 Å². The largest absolute Gasteiger partial charge is 0.357 e. The van der Waals surface area contributed by atoms with E-state index in [9.17, 15) is 4.39 Å². The second-order valence-electron chi connectivity index (χ2n) is 5.19. The average Bonchev–Trinajstić information content (AvgIpc) is 2.65. The van der Waals surface area contributed by atoms with Crippen molar-refractivity contribution in [2.45, 2.75) is 39.0 Å². The van der Waals surface area contributed by atoms with Gasteiger partial charge in [-0.15, -0.1) is 0 Å². The summed E-state index contributed by atoms with van der Waals surface area (Å²) >= 11 is 0. The van der Waals surface area contributed by atoms with Crippen LogP contribution in [0.25, 0.3) is 0 Å². The lowest BCUT2D eigenvalue weighted by Crippen LogP contribution is -2.26. The van der Waals surface area contributed by atoms with Crippen LogP contribution in [-0.2, 0) is 0 Å². The summed E-state index contributed by atoms with van der Waals surface area (Å²) in [6, 6.07) is 0. The first-order valence-corrected chi connectivity index (χ1v) is 7.19. The van der Waals surface area contributed by atoms with Crippen LogP contribution in [0.2, 0.25) is 0 Å². The van der Waals surface area contributed by atoms with E-state index in [-0.39, 0.29) is 5.82 Å². The minimum absolute atomic E-state index is 0.326. The summed E-state index contributed by atoms with van der Waals surface area (Å²) in [6.45, 7) is 4.00. The molecule has 2 heterocycles. The molecule has 2 rings (SSSR count). The van der Waals surface area contributed by atoms with Gasteiger partial charge >= 0.3 is 0 Å². The van der Waals surface area contributed by atoms with Gasteiger partial charge in [-0.2, -0.15) is 4.98 Å². The molecule has 5 heteroatoms. The highest BCUT2D eigenvalue weighted by Crippen LogP contribution is 2.26. The maximum absolute atomic E-state index is 13.9. The molecule has 19 heavy (non-hydrogen) atoms. The molecule has 1 atom stereocenters. The first-order chi connectivity index (χ1) is 9.24. The molecule has 1 aromatic rings. The minimum Gasteiger partial charge on any atom is -0.357 e. The Balaban J connectivity index is 2.09. The highest BCUT2D eigenvalue weighted by molar-refractivity contribution is 5.43. The molecule has 1 aromatic heterocycles. The Morgan fingerprint density at radius 2 is 2.26 bits per heavy atom. The van der Waals surface area contributed by atoms with Gasteiger partial charge in [0.1, 0.15) is 0 Å². The quantitative estimate of drug-likeness (QED) is 0.909. The Morgan fingerprint density at radius 3 is 3.00 bits per heavy atom. The molecular formula is C14H23FN4. The maximum atomic E-state index is 13.9. The molecule has 0 spiro atoms. The lowest BCUT2D eigenvalue weighted by molar-refractivity contribution is 0.435. The van der Waals surface area contributed by atoms with E-state index in [1.54, 1.807) is 7.05 Å². The average molecular weight is 266 g/mol. The molecular weight excluding hydrogens is 243 g/mol. The van der Waals surface area contributed by atoms with E-state index in [1.165, 1.54) is 25.5 Å². The molecule has 0 radical (unpaired) electrons. The minimum atomic E-state index is -0.326. The van der Waals surface area contributed by atoms with Crippen molar-refractivity contribution < 1.29 is 4.39 Å². The van der Waals surface area contributed by atoms with Crippen molar-refractivity contribution in [3.05, 3.63) is 12.0 Å². The molecule has 0 aromatic carbocycles. The van der Waals surface area contributed by atoms with E-state index in [0.29, 0.717) is 11.8 Å². The fourth-order valence-electron chi connectivity index (χ4n) is 2.77. The van der Waals surface area contributed by atoms with Gasteiger partial charge in [-0.3, -0.25) is 0 Å². The van der Waals surface area contributed by atoms with Gasteiger partial charge in [0.2, 0.25) is 5.95 Å². The van der Waals surface area contributed by atoms with Gasteiger partial charge in [-0.25, -0.2) is 9.37 Å². The number of rotatable bonds is 4. The van der Waals surface area contributed by atoms with Crippen molar-refractivity contribution in [3.63, 3.8) is 0 Å². The third-order valence-electron chi connectivity index (χ3n) is 3.79. The molecule has 0 amide bonds. The summed E-state index contributed by atoms with van der Waals surface area (Å²) < 4.78 is 13.9. The number of anilines is 2. The van der Waals surface area contributed by atoms with Crippen LogP contribution in [-0.4, -0.2) is 30.1 Å². The van der Waals surface area contributed by atoms with Crippen LogP contribution >= 0.6 is 0 Å². The number of halogens is 1. The second-order valence-corrected chi connectivity index (χ2v) is 5.19. The molecule has 4 nitrogen and oxygen atoms in total. The highest BCUT2D eigenvalue weighted by Gasteiger charge is 2.20. The topological polar surface area (TPSA) is 41.1 Å². The van der Waals surface area contributed by atoms with Crippen LogP contribution in [0.4, 0.5) is 16.2 Å². The summed E-state index contributed by atoms with van der Waals surface area (Å²) in [5, 5.41) is 2.86. The van der Waals surface area contributed by atoms with Crippen LogP contribution in [0.5, 0.6) is 0 Å². The molecule has 1 unspecified atom stereocenters. The van der Waals surface area contributed by atoms with E-state index in [0.717, 1.165) is 31.8 Å². The van der Waals surface area contributed by atoms with E-state index in [2.05, 4.69) is 27.1 Å². The van der Waals surface area contributed by atoms with Crippen LogP contribution < -0.4 is 10.2 Å². The second kappa shape index (κ2) is 6.68. The lowest BCUT2D eigenvalue weighted by atomic mass is 9.96. The van der Waals surface area contributed by atoms with Gasteiger partial charge in [0.25, 0.3) is 0 Å². The fourth-order valence-corrected chi connectivity index (χ4v) is 2.77. The van der Waals surface area contributed by atoms with Crippen molar-refractivity contribution >= 4 is 11.8 Å². The van der Waals surface area contributed by atoms with Crippen molar-refractivity contribution in [2.24, 2.45) is 5.92 Å². The molecule has 1 N–H and O–H groups in total. The zero-order chi connectivity index (χ0) is 13.7. The number of hydrogen-bond acceptors (Lipinski definition) is 4. The number of nitrogens with zero attached hydrogens (tertiary/aromatic N) is 3.